The van der Waals surface area contributed by atoms with Crippen molar-refractivity contribution in [2.45, 2.75) is 38.6 Å². The number of rotatable bonds is 13. The van der Waals surface area contributed by atoms with Gasteiger partial charge in [0.15, 0.2) is 0 Å². The first kappa shape index (κ1) is 22.7. The maximum Gasteiger partial charge on any atom is 0.220 e. The Morgan fingerprint density at radius 3 is 2.89 bits per heavy atom. The number of pyridine rings is 1. The van der Waals surface area contributed by atoms with E-state index >= 15 is 0 Å². The Labute approximate surface area is 172 Å². The third-order valence-electron chi connectivity index (χ3n) is 4.82. The van der Waals surface area contributed by atoms with Crippen molar-refractivity contribution >= 4 is 17.7 Å². The van der Waals surface area contributed by atoms with Gasteiger partial charge in [0.05, 0.1) is 6.61 Å². The Bertz CT molecular complexity index is 606. The molecule has 1 saturated heterocycles. The van der Waals surface area contributed by atoms with E-state index in [9.17, 15) is 4.79 Å². The number of amides is 1. The summed E-state index contributed by atoms with van der Waals surface area (Å²) < 4.78 is 5.73. The Morgan fingerprint density at radius 1 is 1.32 bits per heavy atom. The number of aliphatic hydroxyl groups excluding tert-OH is 1. The van der Waals surface area contributed by atoms with E-state index in [4.69, 9.17) is 15.6 Å². The number of hydrogen-bond acceptors (Lipinski definition) is 6. The van der Waals surface area contributed by atoms with Crippen LogP contribution in [0.3, 0.4) is 0 Å². The van der Waals surface area contributed by atoms with Gasteiger partial charge in [-0.15, -0.1) is 0 Å². The predicted molar refractivity (Wildman–Crippen MR) is 114 cm³/mol. The van der Waals surface area contributed by atoms with Crippen LogP contribution < -0.4 is 10.5 Å². The summed E-state index contributed by atoms with van der Waals surface area (Å²) in [6.45, 7) is 3.87. The molecule has 156 valence electrons. The highest BCUT2D eigenvalue weighted by Gasteiger charge is 2.13. The zero-order chi connectivity index (χ0) is 20.0. The summed E-state index contributed by atoms with van der Waals surface area (Å²) in [5.41, 5.74) is 6.70. The van der Waals surface area contributed by atoms with Crippen LogP contribution >= 0.6 is 11.8 Å². The van der Waals surface area contributed by atoms with E-state index in [2.05, 4.69) is 9.88 Å². The first-order valence-electron chi connectivity index (χ1n) is 10.1. The highest BCUT2D eigenvalue weighted by Crippen LogP contribution is 2.16. The van der Waals surface area contributed by atoms with Gasteiger partial charge >= 0.3 is 0 Å². The Hall–Kier alpha value is -1.57. The van der Waals surface area contributed by atoms with E-state index in [0.717, 1.165) is 18.7 Å². The number of likely N-dealkylation sites (tertiary alicyclic amines) is 1. The summed E-state index contributed by atoms with van der Waals surface area (Å²) in [5, 5.41) is 8.79. The SMILES string of the molecule is NC(=O)C(CC=CCOc1cc(CN2CCCCC2)ccn1)CCSCCO. The molecule has 1 aliphatic rings. The van der Waals surface area contributed by atoms with Crippen LogP contribution in [0, 0.1) is 5.92 Å². The van der Waals surface area contributed by atoms with Crippen LogP contribution in [-0.2, 0) is 11.3 Å². The quantitative estimate of drug-likeness (QED) is 0.386. The molecule has 1 atom stereocenters. The van der Waals surface area contributed by atoms with Crippen LogP contribution in [0.4, 0.5) is 0 Å². The van der Waals surface area contributed by atoms with Gasteiger partial charge in [0.25, 0.3) is 0 Å². The largest absolute Gasteiger partial charge is 0.473 e. The van der Waals surface area contributed by atoms with Gasteiger partial charge in [0.2, 0.25) is 11.8 Å². The molecule has 2 heterocycles. The van der Waals surface area contributed by atoms with Gasteiger partial charge in [0.1, 0.15) is 6.61 Å². The molecule has 1 fully saturated rings. The van der Waals surface area contributed by atoms with Crippen molar-refractivity contribution in [3.8, 4) is 5.88 Å². The minimum absolute atomic E-state index is 0.163. The average Bonchev–Trinajstić information content (AvgIpc) is 2.70. The summed E-state index contributed by atoms with van der Waals surface area (Å²) in [6.07, 6.45) is 10.9. The lowest BCUT2D eigenvalue weighted by atomic mass is 10.0. The van der Waals surface area contributed by atoms with Crippen molar-refractivity contribution in [3.05, 3.63) is 36.0 Å². The minimum Gasteiger partial charge on any atom is -0.473 e. The molecule has 0 saturated carbocycles. The van der Waals surface area contributed by atoms with Crippen LogP contribution in [0.15, 0.2) is 30.5 Å². The van der Waals surface area contributed by atoms with Gasteiger partial charge in [-0.25, -0.2) is 4.98 Å². The Balaban J connectivity index is 1.70. The number of thioether (sulfide) groups is 1. The molecular weight excluding hydrogens is 374 g/mol. The molecule has 1 unspecified atom stereocenters. The van der Waals surface area contributed by atoms with Gasteiger partial charge in [-0.3, -0.25) is 9.69 Å². The fraction of sp³-hybridized carbons (Fsp3) is 0.619. The number of ether oxygens (including phenoxy) is 1. The molecule has 2 rings (SSSR count). The molecule has 0 aliphatic carbocycles. The van der Waals surface area contributed by atoms with Crippen molar-refractivity contribution < 1.29 is 14.6 Å². The number of hydrogen-bond donors (Lipinski definition) is 2. The topological polar surface area (TPSA) is 88.7 Å². The van der Waals surface area contributed by atoms with Crippen molar-refractivity contribution in [1.29, 1.82) is 0 Å². The summed E-state index contributed by atoms with van der Waals surface area (Å²) in [5.74, 6) is 1.70. The van der Waals surface area contributed by atoms with Crippen molar-refractivity contribution in [2.24, 2.45) is 11.7 Å². The van der Waals surface area contributed by atoms with Gasteiger partial charge in [-0.05, 0) is 56.2 Å². The summed E-state index contributed by atoms with van der Waals surface area (Å²) >= 11 is 1.64. The Morgan fingerprint density at radius 2 is 2.14 bits per heavy atom. The first-order valence-corrected chi connectivity index (χ1v) is 11.3. The molecule has 1 aromatic rings. The van der Waals surface area contributed by atoms with Crippen LogP contribution in [0.5, 0.6) is 5.88 Å². The fourth-order valence-corrected chi connectivity index (χ4v) is 4.02. The molecule has 0 aromatic carbocycles. The Kier molecular flexibility index (Phi) is 11.0. The molecule has 1 amide bonds. The van der Waals surface area contributed by atoms with E-state index in [1.165, 1.54) is 37.9 Å². The van der Waals surface area contributed by atoms with E-state index in [1.54, 1.807) is 18.0 Å². The van der Waals surface area contributed by atoms with Gasteiger partial charge < -0.3 is 15.6 Å². The number of carbonyl (C=O) groups is 1. The number of nitrogens with zero attached hydrogens (tertiary/aromatic N) is 2. The lowest BCUT2D eigenvalue weighted by molar-refractivity contribution is -0.121. The number of primary amides is 1. The molecule has 1 aromatic heterocycles. The van der Waals surface area contributed by atoms with Crippen LogP contribution in [0.25, 0.3) is 0 Å². The maximum absolute atomic E-state index is 11.5. The molecule has 3 N–H and O–H groups in total. The molecule has 1 aliphatic heterocycles. The minimum atomic E-state index is -0.276. The number of piperidine rings is 1. The second kappa shape index (κ2) is 13.6. The monoisotopic (exact) mass is 407 g/mol. The molecular formula is C21H33N3O3S. The molecule has 7 heteroatoms. The summed E-state index contributed by atoms with van der Waals surface area (Å²) in [6, 6.07) is 4.05. The van der Waals surface area contributed by atoms with Gasteiger partial charge in [0, 0.05) is 30.5 Å². The maximum atomic E-state index is 11.5. The van der Waals surface area contributed by atoms with Crippen molar-refractivity contribution in [3.63, 3.8) is 0 Å². The second-order valence-corrected chi connectivity index (χ2v) is 8.31. The standard InChI is InChI=1S/C21H33N3O3S/c22-21(26)19(8-14-28-15-12-25)6-2-5-13-27-20-16-18(7-9-23-20)17-24-10-3-1-4-11-24/h2,5,7,9,16,19,25H,1,3-4,6,8,10-15,17H2,(H2,22,26). The molecule has 0 spiro atoms. The zero-order valence-corrected chi connectivity index (χ0v) is 17.4. The number of nitrogens with two attached hydrogens (primary N) is 1. The fourth-order valence-electron chi connectivity index (χ4n) is 3.23. The lowest BCUT2D eigenvalue weighted by Gasteiger charge is -2.26. The van der Waals surface area contributed by atoms with E-state index in [1.807, 2.05) is 24.3 Å². The number of carbonyl (C=O) groups excluding carboxylic acids is 1. The highest BCUT2D eigenvalue weighted by molar-refractivity contribution is 7.99. The van der Waals surface area contributed by atoms with E-state index < -0.39 is 0 Å². The summed E-state index contributed by atoms with van der Waals surface area (Å²) in [7, 11) is 0. The van der Waals surface area contributed by atoms with Crippen LogP contribution in [0.2, 0.25) is 0 Å². The van der Waals surface area contributed by atoms with Crippen molar-refractivity contribution in [2.75, 3.05) is 37.8 Å². The molecule has 6 nitrogen and oxygen atoms in total. The van der Waals surface area contributed by atoms with Crippen molar-refractivity contribution in [1.82, 2.24) is 9.88 Å². The first-order chi connectivity index (χ1) is 13.7. The lowest BCUT2D eigenvalue weighted by Crippen LogP contribution is -2.29. The third-order valence-corrected chi connectivity index (χ3v) is 5.81. The van der Waals surface area contributed by atoms with E-state index in [-0.39, 0.29) is 18.4 Å². The van der Waals surface area contributed by atoms with E-state index in [0.29, 0.717) is 24.7 Å². The predicted octanol–water partition coefficient (Wildman–Crippen LogP) is 2.61. The molecule has 0 radical (unpaired) electrons. The van der Waals surface area contributed by atoms with Crippen LogP contribution in [-0.4, -0.2) is 58.7 Å². The zero-order valence-electron chi connectivity index (χ0n) is 16.6. The second-order valence-electron chi connectivity index (χ2n) is 7.08. The average molecular weight is 408 g/mol. The molecule has 0 bridgehead atoms. The van der Waals surface area contributed by atoms with Gasteiger partial charge in [-0.1, -0.05) is 18.6 Å². The van der Waals surface area contributed by atoms with Gasteiger partial charge in [-0.2, -0.15) is 11.8 Å². The summed E-state index contributed by atoms with van der Waals surface area (Å²) in [4.78, 5) is 18.3. The number of aromatic nitrogens is 1. The highest BCUT2D eigenvalue weighted by atomic mass is 32.2. The number of allylic oxidation sites excluding steroid dienone is 1. The smallest absolute Gasteiger partial charge is 0.220 e. The normalized spacial score (nSPS) is 16.3. The third kappa shape index (κ3) is 9.08. The number of aliphatic hydroxyl groups is 1. The van der Waals surface area contributed by atoms with Crippen LogP contribution in [0.1, 0.15) is 37.7 Å². The molecule has 28 heavy (non-hydrogen) atoms.